The zero-order valence-electron chi connectivity index (χ0n) is 23.7. The van der Waals surface area contributed by atoms with Gasteiger partial charge in [0, 0.05) is 11.8 Å². The third-order valence-electron chi connectivity index (χ3n) is 12.3. The Morgan fingerprint density at radius 1 is 1.08 bits per heavy atom. The van der Waals surface area contributed by atoms with Crippen LogP contribution >= 0.6 is 0 Å². The van der Waals surface area contributed by atoms with Crippen LogP contribution in [-0.4, -0.2) is 43.8 Å². The second-order valence-electron chi connectivity index (χ2n) is 14.5. The molecule has 6 unspecified atom stereocenters. The lowest BCUT2D eigenvalue weighted by Crippen LogP contribution is -3.08. The molecule has 0 aromatic carbocycles. The molecule has 4 saturated carbocycles. The van der Waals surface area contributed by atoms with Crippen molar-refractivity contribution in [2.45, 2.75) is 123 Å². The number of hydrogen-bond donors (Lipinski definition) is 1. The Balaban J connectivity index is 1.22. The fraction of sp³-hybridized carbons (Fsp3) is 0.968. The van der Waals surface area contributed by atoms with Crippen LogP contribution < -0.4 is 5.06 Å². The molecule has 5 rings (SSSR count). The molecule has 11 atom stereocenters. The lowest BCUT2D eigenvalue weighted by molar-refractivity contribution is -0.839. The fourth-order valence-electron chi connectivity index (χ4n) is 10.3. The summed E-state index contributed by atoms with van der Waals surface area (Å²) < 4.78 is 12.9. The third kappa shape index (κ3) is 4.52. The van der Waals surface area contributed by atoms with Crippen LogP contribution in [0.4, 0.5) is 0 Å². The Kier molecular flexibility index (Phi) is 7.71. The highest BCUT2D eigenvalue weighted by Gasteiger charge is 2.76. The first-order chi connectivity index (χ1) is 17.1. The zero-order valence-corrected chi connectivity index (χ0v) is 23.7. The van der Waals surface area contributed by atoms with E-state index in [1.807, 2.05) is 0 Å². The van der Waals surface area contributed by atoms with Crippen molar-refractivity contribution in [3.05, 3.63) is 5.21 Å². The molecule has 4 aliphatic carbocycles. The van der Waals surface area contributed by atoms with Gasteiger partial charge in [0.15, 0.2) is 6.29 Å². The van der Waals surface area contributed by atoms with Gasteiger partial charge in [-0.15, -0.1) is 0 Å². The first-order valence-corrected chi connectivity index (χ1v) is 15.4. The van der Waals surface area contributed by atoms with Crippen molar-refractivity contribution in [3.8, 4) is 0 Å². The van der Waals surface area contributed by atoms with Crippen LogP contribution in [-0.2, 0) is 14.3 Å². The molecule has 5 aliphatic rings. The van der Waals surface area contributed by atoms with Gasteiger partial charge in [0.25, 0.3) is 0 Å². The van der Waals surface area contributed by atoms with E-state index in [2.05, 4.69) is 34.6 Å². The summed E-state index contributed by atoms with van der Waals surface area (Å²) in [6, 6.07) is 0. The number of carbonyl (C=O) groups is 1. The number of aldehydes is 1. The average molecular weight is 504 g/mol. The standard InChI is InChI=1S/C31H53NO4/c1-21(2)7-6-8-22(3)25-9-10-26-24-19-28-31(36-28)20-23(35-18-16-32(34)15-17-33)11-14-30(31,5)27(24)12-13-29(25,26)4/h17,21-28,32H,6-16,18-20H2,1-5H3/t22-,23+,24?,25-,26?,27?,28?,29-,30-,31?/m1/s1. The Labute approximate surface area is 220 Å². The van der Waals surface area contributed by atoms with Gasteiger partial charge in [-0.3, -0.25) is 4.79 Å². The molecule has 1 saturated heterocycles. The SMILES string of the molecule is CC(C)CCC[C@@H](C)[C@H]1CCC2C3CC4OC45C[C@@H](OCC[NH+]([O-])CC=O)CC[C@]5(C)C3CC[C@@]21C. The number of nitrogens with one attached hydrogen (secondary N) is 1. The molecule has 0 amide bonds. The number of hydrogen-bond acceptors (Lipinski definition) is 4. The smallest absolute Gasteiger partial charge is 0.174 e. The van der Waals surface area contributed by atoms with Crippen LogP contribution in [0.2, 0.25) is 0 Å². The van der Waals surface area contributed by atoms with Crippen molar-refractivity contribution in [1.29, 1.82) is 0 Å². The van der Waals surface area contributed by atoms with Gasteiger partial charge in [-0.1, -0.05) is 53.9 Å². The summed E-state index contributed by atoms with van der Waals surface area (Å²) in [7, 11) is 0. The molecule has 1 N–H and O–H groups in total. The second-order valence-corrected chi connectivity index (χ2v) is 14.5. The van der Waals surface area contributed by atoms with Crippen LogP contribution in [0.5, 0.6) is 0 Å². The molecule has 5 heteroatoms. The Morgan fingerprint density at radius 3 is 2.64 bits per heavy atom. The van der Waals surface area contributed by atoms with Crippen molar-refractivity contribution >= 4 is 6.29 Å². The summed E-state index contributed by atoms with van der Waals surface area (Å²) in [5.41, 5.74) is 0.813. The third-order valence-corrected chi connectivity index (χ3v) is 12.3. The van der Waals surface area contributed by atoms with E-state index in [1.165, 1.54) is 57.8 Å². The maximum atomic E-state index is 11.7. The van der Waals surface area contributed by atoms with Crippen LogP contribution in [0.3, 0.4) is 0 Å². The van der Waals surface area contributed by atoms with Gasteiger partial charge in [-0.25, -0.2) is 0 Å². The lowest BCUT2D eigenvalue weighted by atomic mass is 9.44. The van der Waals surface area contributed by atoms with E-state index >= 15 is 0 Å². The summed E-state index contributed by atoms with van der Waals surface area (Å²) in [4.78, 5) is 10.6. The molecule has 206 valence electrons. The number of epoxide rings is 1. The van der Waals surface area contributed by atoms with E-state index in [4.69, 9.17) is 9.47 Å². The monoisotopic (exact) mass is 503 g/mol. The van der Waals surface area contributed by atoms with Crippen molar-refractivity contribution < 1.29 is 19.3 Å². The van der Waals surface area contributed by atoms with Gasteiger partial charge in [-0.05, 0) is 85.9 Å². The highest BCUT2D eigenvalue weighted by atomic mass is 16.6. The molecule has 0 aromatic rings. The summed E-state index contributed by atoms with van der Waals surface area (Å²) in [6.45, 7) is 13.3. The molecular formula is C31H53NO4. The molecule has 5 nitrogen and oxygen atoms in total. The molecular weight excluding hydrogens is 450 g/mol. The largest absolute Gasteiger partial charge is 0.634 e. The highest BCUT2D eigenvalue weighted by Crippen LogP contribution is 2.74. The zero-order chi connectivity index (χ0) is 25.7. The van der Waals surface area contributed by atoms with Gasteiger partial charge in [-0.2, -0.15) is 0 Å². The Bertz CT molecular complexity index is 789. The molecule has 0 aromatic heterocycles. The van der Waals surface area contributed by atoms with Gasteiger partial charge in [0.2, 0.25) is 0 Å². The number of fused-ring (bicyclic) bond motifs is 4. The summed E-state index contributed by atoms with van der Waals surface area (Å²) in [6.07, 6.45) is 15.7. The van der Waals surface area contributed by atoms with E-state index in [1.54, 1.807) is 0 Å². The van der Waals surface area contributed by atoms with E-state index in [9.17, 15) is 10.0 Å². The maximum Gasteiger partial charge on any atom is 0.174 e. The van der Waals surface area contributed by atoms with Crippen LogP contribution in [0, 0.1) is 51.5 Å². The Morgan fingerprint density at radius 2 is 1.89 bits per heavy atom. The minimum Gasteiger partial charge on any atom is -0.634 e. The Hall–Kier alpha value is -0.490. The molecule has 36 heavy (non-hydrogen) atoms. The number of quaternary nitrogens is 1. The lowest BCUT2D eigenvalue weighted by Gasteiger charge is -2.59. The van der Waals surface area contributed by atoms with Crippen molar-refractivity contribution in [1.82, 2.24) is 0 Å². The molecule has 0 radical (unpaired) electrons. The van der Waals surface area contributed by atoms with Crippen molar-refractivity contribution in [2.24, 2.45) is 46.3 Å². The summed E-state index contributed by atoms with van der Waals surface area (Å²) in [5.74, 6) is 5.09. The minimum absolute atomic E-state index is 0.0137. The topological polar surface area (TPSA) is 66.3 Å². The number of hydroxylamine groups is 2. The van der Waals surface area contributed by atoms with Crippen LogP contribution in [0.1, 0.15) is 105 Å². The normalized spacial score (nSPS) is 46.9. The van der Waals surface area contributed by atoms with Gasteiger partial charge >= 0.3 is 0 Å². The second kappa shape index (κ2) is 10.2. The van der Waals surface area contributed by atoms with E-state index in [-0.39, 0.29) is 28.7 Å². The van der Waals surface area contributed by atoms with E-state index in [0.717, 1.165) is 48.3 Å². The van der Waals surface area contributed by atoms with Crippen molar-refractivity contribution in [2.75, 3.05) is 19.7 Å². The minimum atomic E-state index is -0.0146. The van der Waals surface area contributed by atoms with Crippen molar-refractivity contribution in [3.63, 3.8) is 0 Å². The number of ether oxygens (including phenoxy) is 2. The van der Waals surface area contributed by atoms with Gasteiger partial charge in [0.05, 0.1) is 18.8 Å². The van der Waals surface area contributed by atoms with Gasteiger partial charge in [0.1, 0.15) is 18.7 Å². The quantitative estimate of drug-likeness (QED) is 0.239. The fourth-order valence-corrected chi connectivity index (χ4v) is 10.3. The summed E-state index contributed by atoms with van der Waals surface area (Å²) in [5, 5.41) is 11.7. The average Bonchev–Trinajstić information content (AvgIpc) is 3.40. The molecule has 1 spiro atoms. The highest BCUT2D eigenvalue weighted by molar-refractivity contribution is 5.49. The van der Waals surface area contributed by atoms with Gasteiger partial charge < -0.3 is 19.7 Å². The molecule has 0 bridgehead atoms. The number of carbonyl (C=O) groups excluding carboxylic acids is 1. The van der Waals surface area contributed by atoms with Crippen LogP contribution in [0.15, 0.2) is 0 Å². The number of rotatable bonds is 11. The predicted molar refractivity (Wildman–Crippen MR) is 142 cm³/mol. The molecule has 1 heterocycles. The maximum absolute atomic E-state index is 11.7. The summed E-state index contributed by atoms with van der Waals surface area (Å²) >= 11 is 0. The first kappa shape index (κ1) is 27.1. The first-order valence-electron chi connectivity index (χ1n) is 15.4. The predicted octanol–water partition coefficient (Wildman–Crippen LogP) is 5.21. The van der Waals surface area contributed by atoms with Crippen LogP contribution in [0.25, 0.3) is 0 Å². The molecule has 5 fully saturated rings. The van der Waals surface area contributed by atoms with E-state index < -0.39 is 0 Å². The molecule has 1 aliphatic heterocycles. The van der Waals surface area contributed by atoms with E-state index in [0.29, 0.717) is 31.0 Å².